The number of aromatic amines is 1. The van der Waals surface area contributed by atoms with Crippen LogP contribution in [-0.2, 0) is 39.3 Å². The van der Waals surface area contributed by atoms with Crippen LogP contribution in [0.3, 0.4) is 0 Å². The molecule has 2 aliphatic rings. The first-order valence-electron chi connectivity index (χ1n) is 20.8. The van der Waals surface area contributed by atoms with Crippen LogP contribution in [0, 0.1) is 13.0 Å². The molecule has 0 aliphatic carbocycles. The fraction of sp³-hybridized carbons (Fsp3) is 0.354. The maximum Gasteiger partial charge on any atom is 1.00 e. The van der Waals surface area contributed by atoms with Gasteiger partial charge in [-0.3, -0.25) is 4.79 Å². The Morgan fingerprint density at radius 2 is 1.68 bits per heavy atom. The number of allylic oxidation sites excluding steroid dienone is 6. The van der Waals surface area contributed by atoms with Crippen LogP contribution >= 0.6 is 0 Å². The smallest absolute Gasteiger partial charge is 0.471 e. The molecule has 5 aromatic rings. The van der Waals surface area contributed by atoms with E-state index in [1.54, 1.807) is 6.33 Å². The van der Waals surface area contributed by atoms with E-state index in [9.17, 15) is 4.79 Å². The quantitative estimate of drug-likeness (QED) is 0.0421. The molecule has 318 valence electrons. The van der Waals surface area contributed by atoms with Gasteiger partial charge in [-0.05, 0) is 75.6 Å². The second-order valence-corrected chi connectivity index (χ2v) is 16.8. The Hall–Kier alpha value is -5.21. The summed E-state index contributed by atoms with van der Waals surface area (Å²) in [6.45, 7) is 15.8. The summed E-state index contributed by atoms with van der Waals surface area (Å²) in [5.74, 6) is 0.811. The summed E-state index contributed by atoms with van der Waals surface area (Å²) in [6, 6.07) is 24.6. The first kappa shape index (κ1) is 47.8. The standard InChI is InChI=1S/C48H55N7O2.Na.O3S/c1-7-54-39-18-14-13-17-37(39)47(3,4)41(54)19-11-8-12-20-42-48(5,6)38-30-33(2)21-28-40(38)55(42)29-15-9-10-16-36(56)27-26-34-22-24-35(25-23-34)31-57-45-43-44(51-32-50-43)52-46(49)53-45;;1-4(2)3/h8,11-12,14,17-25,28,30,32H,7,9-10,15-16,26-27,29,31H2,1-6H3,(H3,49,50,51,52,53);;/q;+1;. The van der Waals surface area contributed by atoms with Crippen molar-refractivity contribution in [3.63, 3.8) is 0 Å². The molecule has 0 saturated heterocycles. The number of ether oxygens (including phenoxy) is 1. The van der Waals surface area contributed by atoms with E-state index in [1.807, 2.05) is 18.2 Å². The topological polar surface area (TPSA) is 164 Å². The van der Waals surface area contributed by atoms with E-state index in [1.165, 1.54) is 39.5 Å². The molecule has 4 heterocycles. The van der Waals surface area contributed by atoms with Crippen molar-refractivity contribution in [3.8, 4) is 5.88 Å². The van der Waals surface area contributed by atoms with Crippen LogP contribution < -0.4 is 44.9 Å². The molecule has 0 bridgehead atoms. The number of imidazole rings is 1. The van der Waals surface area contributed by atoms with Gasteiger partial charge in [0, 0.05) is 49.2 Å². The molecule has 7 rings (SSSR count). The van der Waals surface area contributed by atoms with Crippen LogP contribution in [0.1, 0.15) is 94.5 Å². The van der Waals surface area contributed by atoms with E-state index < -0.39 is 10.6 Å². The average molecular weight is 865 g/mol. The van der Waals surface area contributed by atoms with Crippen LogP contribution in [-0.4, -0.2) is 61.7 Å². The number of Topliss-reactive ketones (excluding diaryl/α,β-unsaturated/α-hetero) is 1. The number of nitrogens with zero attached hydrogens (tertiary/aromatic N) is 5. The number of nitrogen functional groups attached to an aromatic ring is 1. The van der Waals surface area contributed by atoms with E-state index in [0.717, 1.165) is 49.9 Å². The van der Waals surface area contributed by atoms with Gasteiger partial charge in [0.15, 0.2) is 11.4 Å². The van der Waals surface area contributed by atoms with E-state index in [2.05, 4.69) is 150 Å². The Morgan fingerprint density at radius 1 is 0.935 bits per heavy atom. The summed E-state index contributed by atoms with van der Waals surface area (Å²) in [7, 11) is -3.11. The van der Waals surface area contributed by atoms with E-state index in [4.69, 9.17) is 23.1 Å². The summed E-state index contributed by atoms with van der Waals surface area (Å²) < 4.78 is 33.7. The molecule has 0 spiro atoms. The van der Waals surface area contributed by atoms with Crippen molar-refractivity contribution >= 4 is 50.6 Å². The molecule has 14 heteroatoms. The summed E-state index contributed by atoms with van der Waals surface area (Å²) in [5, 5.41) is 0. The number of unbranched alkanes of at least 4 members (excludes halogenated alkanes) is 2. The summed E-state index contributed by atoms with van der Waals surface area (Å²) >= 11 is 0. The van der Waals surface area contributed by atoms with Crippen LogP contribution in [0.2, 0.25) is 0 Å². The zero-order valence-electron chi connectivity index (χ0n) is 36.9. The number of nitrogens with one attached hydrogen (secondary N) is 1. The third kappa shape index (κ3) is 11.2. The van der Waals surface area contributed by atoms with Crippen molar-refractivity contribution in [3.05, 3.63) is 137 Å². The molecule has 0 fully saturated rings. The van der Waals surface area contributed by atoms with Crippen molar-refractivity contribution in [2.75, 3.05) is 23.7 Å². The normalized spacial score (nSPS) is 15.5. The number of hydrogen-bond donors (Lipinski definition) is 2. The van der Waals surface area contributed by atoms with Gasteiger partial charge in [0.2, 0.25) is 17.5 Å². The van der Waals surface area contributed by atoms with Crippen molar-refractivity contribution < 1.29 is 56.3 Å². The number of fused-ring (bicyclic) bond motifs is 3. The number of likely N-dealkylation sites (N-methyl/N-ethyl adjacent to an activating group) is 1. The van der Waals surface area contributed by atoms with Crippen molar-refractivity contribution in [2.45, 2.75) is 97.5 Å². The van der Waals surface area contributed by atoms with Crippen LogP contribution in [0.15, 0.2) is 103 Å². The Balaban J connectivity index is 0.00000139. The Labute approximate surface area is 388 Å². The number of aryl methyl sites for hydroxylation is 2. The van der Waals surface area contributed by atoms with Crippen molar-refractivity contribution in [1.29, 1.82) is 0 Å². The van der Waals surface area contributed by atoms with Gasteiger partial charge < -0.3 is 20.4 Å². The molecule has 0 atom stereocenters. The first-order chi connectivity index (χ1) is 29.2. The van der Waals surface area contributed by atoms with Gasteiger partial charge in [0.25, 0.3) is 0 Å². The van der Waals surface area contributed by atoms with Gasteiger partial charge in [-0.1, -0.05) is 73.7 Å². The molecule has 0 saturated carbocycles. The maximum atomic E-state index is 12.9. The zero-order chi connectivity index (χ0) is 43.7. The number of H-pyrrole nitrogens is 1. The fourth-order valence-electron chi connectivity index (χ4n) is 8.35. The van der Waals surface area contributed by atoms with E-state index >= 15 is 0 Å². The molecule has 3 aromatic carbocycles. The Kier molecular flexibility index (Phi) is 16.4. The SMILES string of the molecule is CCN1/C(=C/C=C/C=C/C2=[N+](CCCCCC(=O)CCc3ccc(COc4nc(N)nc5nc[nH]c45)cc3)c3ccc(C)cc3C2(C)C)C(C)(C)c2c[c-]ccc21.O=S(=O)=O.[Na+]. The number of carbonyl (C=O) groups excluding carboxylic acids is 1. The molecular weight excluding hydrogens is 810 g/mol. The van der Waals surface area contributed by atoms with Crippen molar-refractivity contribution in [1.82, 2.24) is 19.9 Å². The number of anilines is 2. The molecule has 2 aliphatic heterocycles. The van der Waals surface area contributed by atoms with Gasteiger partial charge >= 0.3 is 40.2 Å². The number of benzene rings is 3. The average Bonchev–Trinajstić information content (AvgIpc) is 3.84. The maximum absolute atomic E-state index is 12.9. The molecule has 2 aromatic heterocycles. The van der Waals surface area contributed by atoms with Crippen molar-refractivity contribution in [2.24, 2.45) is 0 Å². The fourth-order valence-corrected chi connectivity index (χ4v) is 8.35. The zero-order valence-corrected chi connectivity index (χ0v) is 39.7. The largest absolute Gasteiger partial charge is 1.00 e. The summed E-state index contributed by atoms with van der Waals surface area (Å²) in [4.78, 5) is 30.7. The molecule has 0 radical (unpaired) electrons. The number of hydrogen-bond acceptors (Lipinski definition) is 10. The predicted molar refractivity (Wildman–Crippen MR) is 240 cm³/mol. The number of rotatable bonds is 16. The second-order valence-electron chi connectivity index (χ2n) is 16.4. The van der Waals surface area contributed by atoms with Gasteiger partial charge in [0.05, 0.1) is 11.7 Å². The number of nitrogens with two attached hydrogens (primary N) is 1. The van der Waals surface area contributed by atoms with Crippen LogP contribution in [0.5, 0.6) is 5.88 Å². The Bertz CT molecular complexity index is 2630. The predicted octanol–water partition coefficient (Wildman–Crippen LogP) is 5.58. The third-order valence-electron chi connectivity index (χ3n) is 11.5. The Morgan fingerprint density at radius 3 is 2.42 bits per heavy atom. The third-order valence-corrected chi connectivity index (χ3v) is 11.5. The first-order valence-corrected chi connectivity index (χ1v) is 21.8. The van der Waals surface area contributed by atoms with Gasteiger partial charge in [-0.25, -0.2) is 4.98 Å². The van der Waals surface area contributed by atoms with Gasteiger partial charge in [0.1, 0.15) is 24.5 Å². The number of ketones is 1. The minimum atomic E-state index is -3.11. The summed E-state index contributed by atoms with van der Waals surface area (Å²) in [6.07, 6.45) is 17.5. The minimum absolute atomic E-state index is 0. The number of aromatic nitrogens is 4. The molecule has 3 N–H and O–H groups in total. The van der Waals surface area contributed by atoms with Gasteiger partial charge in [-0.2, -0.15) is 32.7 Å². The van der Waals surface area contributed by atoms with Crippen LogP contribution in [0.25, 0.3) is 11.2 Å². The molecule has 0 amide bonds. The summed E-state index contributed by atoms with van der Waals surface area (Å²) in [5.41, 5.74) is 18.0. The van der Waals surface area contributed by atoms with E-state index in [-0.39, 0.29) is 46.3 Å². The molecule has 62 heavy (non-hydrogen) atoms. The van der Waals surface area contributed by atoms with Gasteiger partial charge in [-0.15, -0.1) is 24.3 Å². The molecular formula is C48H55N7NaO5S+. The van der Waals surface area contributed by atoms with E-state index in [0.29, 0.717) is 42.3 Å². The van der Waals surface area contributed by atoms with Crippen LogP contribution in [0.4, 0.5) is 17.3 Å². The molecule has 12 nitrogen and oxygen atoms in total. The number of carbonyl (C=O) groups is 1. The minimum Gasteiger partial charge on any atom is -0.471 e. The second kappa shape index (κ2) is 21.2. The molecule has 0 unspecified atom stereocenters. The monoisotopic (exact) mass is 864 g/mol.